The van der Waals surface area contributed by atoms with Gasteiger partial charge in [-0.05, 0) is 0 Å². The first-order valence-electron chi connectivity index (χ1n) is 10.4. The van der Waals surface area contributed by atoms with E-state index in [0.717, 1.165) is 0 Å². The molecular weight excluding hydrogens is 472 g/mol. The molecule has 2 heterocycles. The monoisotopic (exact) mass is 504 g/mol. The van der Waals surface area contributed by atoms with E-state index in [1.165, 1.54) is 0 Å². The van der Waals surface area contributed by atoms with Gasteiger partial charge in [-0.25, -0.2) is 0 Å². The zero-order valence-corrected chi connectivity index (χ0v) is 17.7. The van der Waals surface area contributed by atoms with Gasteiger partial charge in [-0.2, -0.15) is 0 Å². The van der Waals surface area contributed by atoms with Crippen LogP contribution in [-0.4, -0.2) is 168 Å². The maximum absolute atomic E-state index is 11.5. The van der Waals surface area contributed by atoms with E-state index in [9.17, 15) is 55.9 Å². The Kier molecular flexibility index (Phi) is 11.1. The molecule has 14 atom stereocenters. The quantitative estimate of drug-likeness (QED) is 0.117. The van der Waals surface area contributed by atoms with Gasteiger partial charge in [-0.1, -0.05) is 0 Å². The zero-order valence-electron chi connectivity index (χ0n) is 17.7. The summed E-state index contributed by atoms with van der Waals surface area (Å²) in [5, 5.41) is 108. The lowest BCUT2D eigenvalue weighted by molar-refractivity contribution is -0.372. The average molecular weight is 504 g/mol. The van der Waals surface area contributed by atoms with Crippen molar-refractivity contribution >= 4 is 6.29 Å². The molecule has 0 bridgehead atoms. The predicted molar refractivity (Wildman–Crippen MR) is 102 cm³/mol. The SMILES string of the molecule is O=C[C@H](O[C@H]1O[C@H](CO)[C@H](O)[C@H](O)[C@H]1O[C@H]1O[C@H](CO)[C@H](O)[C@H](O)[C@H]1O)[C@@H](O)[C@H](O)[C@H](O)CO. The molecule has 2 saturated heterocycles. The molecule has 0 aromatic rings. The van der Waals surface area contributed by atoms with Crippen LogP contribution >= 0.6 is 0 Å². The van der Waals surface area contributed by atoms with Gasteiger partial charge in [0.25, 0.3) is 0 Å². The van der Waals surface area contributed by atoms with Crippen LogP contribution in [0.25, 0.3) is 0 Å². The Morgan fingerprint density at radius 3 is 1.76 bits per heavy atom. The number of carbonyl (C=O) groups excluding carboxylic acids is 1. The van der Waals surface area contributed by atoms with Crippen LogP contribution < -0.4 is 0 Å². The molecule has 2 aliphatic heterocycles. The summed E-state index contributed by atoms with van der Waals surface area (Å²) < 4.78 is 21.1. The summed E-state index contributed by atoms with van der Waals surface area (Å²) in [6.45, 7) is -2.61. The lowest BCUT2D eigenvalue weighted by Crippen LogP contribution is -2.65. The second-order valence-electron chi connectivity index (χ2n) is 7.97. The Morgan fingerprint density at radius 1 is 0.735 bits per heavy atom. The third-order valence-corrected chi connectivity index (χ3v) is 5.66. The number of ether oxygens (including phenoxy) is 4. The molecule has 200 valence electrons. The summed E-state index contributed by atoms with van der Waals surface area (Å²) in [5.41, 5.74) is 0. The molecule has 0 amide bonds. The van der Waals surface area contributed by atoms with E-state index in [-0.39, 0.29) is 6.29 Å². The number of hydrogen-bond donors (Lipinski definition) is 11. The topological polar surface area (TPSA) is 277 Å². The Labute approximate surface area is 192 Å². The van der Waals surface area contributed by atoms with Gasteiger partial charge in [0, 0.05) is 0 Å². The predicted octanol–water partition coefficient (Wildman–Crippen LogP) is -7.73. The number of rotatable bonds is 11. The van der Waals surface area contributed by atoms with Crippen LogP contribution in [0.5, 0.6) is 0 Å². The summed E-state index contributed by atoms with van der Waals surface area (Å²) in [4.78, 5) is 11.5. The van der Waals surface area contributed by atoms with Crippen LogP contribution in [0.1, 0.15) is 0 Å². The maximum atomic E-state index is 11.5. The lowest BCUT2D eigenvalue weighted by Gasteiger charge is -2.46. The fourth-order valence-corrected chi connectivity index (χ4v) is 3.52. The maximum Gasteiger partial charge on any atom is 0.188 e. The number of hydrogen-bond acceptors (Lipinski definition) is 16. The molecule has 11 N–H and O–H groups in total. The van der Waals surface area contributed by atoms with E-state index in [1.54, 1.807) is 0 Å². The number of carbonyl (C=O) groups is 1. The van der Waals surface area contributed by atoms with E-state index in [1.807, 2.05) is 0 Å². The highest BCUT2D eigenvalue weighted by atomic mass is 16.8. The molecule has 16 heteroatoms. The van der Waals surface area contributed by atoms with Crippen LogP contribution in [0.4, 0.5) is 0 Å². The molecule has 0 radical (unpaired) electrons. The van der Waals surface area contributed by atoms with Gasteiger partial charge in [0.1, 0.15) is 73.2 Å². The van der Waals surface area contributed by atoms with Crippen molar-refractivity contribution in [3.05, 3.63) is 0 Å². The second-order valence-corrected chi connectivity index (χ2v) is 7.97. The van der Waals surface area contributed by atoms with Crippen molar-refractivity contribution in [3.63, 3.8) is 0 Å². The van der Waals surface area contributed by atoms with Gasteiger partial charge in [-0.3, -0.25) is 0 Å². The van der Waals surface area contributed by atoms with Crippen molar-refractivity contribution in [2.45, 2.75) is 85.8 Å². The Morgan fingerprint density at radius 2 is 1.26 bits per heavy atom. The zero-order chi connectivity index (χ0) is 25.7. The first-order chi connectivity index (χ1) is 16.0. The third-order valence-electron chi connectivity index (χ3n) is 5.66. The molecule has 0 aliphatic carbocycles. The first kappa shape index (κ1) is 29.3. The minimum Gasteiger partial charge on any atom is -0.394 e. The summed E-state index contributed by atoms with van der Waals surface area (Å²) in [6.07, 6.45) is -25.6. The van der Waals surface area contributed by atoms with E-state index in [0.29, 0.717) is 0 Å². The van der Waals surface area contributed by atoms with Crippen molar-refractivity contribution in [3.8, 4) is 0 Å². The molecule has 34 heavy (non-hydrogen) atoms. The molecule has 2 aliphatic rings. The van der Waals surface area contributed by atoms with Crippen LogP contribution in [0.15, 0.2) is 0 Å². The molecule has 2 rings (SSSR count). The van der Waals surface area contributed by atoms with Gasteiger partial charge >= 0.3 is 0 Å². The third kappa shape index (κ3) is 6.25. The van der Waals surface area contributed by atoms with E-state index >= 15 is 0 Å². The largest absolute Gasteiger partial charge is 0.394 e. The molecule has 0 spiro atoms. The molecule has 2 fully saturated rings. The minimum absolute atomic E-state index is 0.00235. The fourth-order valence-electron chi connectivity index (χ4n) is 3.52. The highest BCUT2D eigenvalue weighted by Gasteiger charge is 2.51. The van der Waals surface area contributed by atoms with Crippen molar-refractivity contribution < 1.29 is 79.9 Å². The summed E-state index contributed by atoms with van der Waals surface area (Å²) in [7, 11) is 0. The molecule has 0 aromatic carbocycles. The second kappa shape index (κ2) is 12.9. The number of aldehydes is 1. The van der Waals surface area contributed by atoms with Gasteiger partial charge in [0.05, 0.1) is 19.8 Å². The lowest BCUT2D eigenvalue weighted by atomic mass is 9.97. The summed E-state index contributed by atoms with van der Waals surface area (Å²) >= 11 is 0. The van der Waals surface area contributed by atoms with Crippen LogP contribution in [0.2, 0.25) is 0 Å². The van der Waals surface area contributed by atoms with Crippen molar-refractivity contribution in [2.75, 3.05) is 19.8 Å². The Balaban J connectivity index is 2.26. The smallest absolute Gasteiger partial charge is 0.188 e. The Hall–Kier alpha value is -0.930. The molecule has 0 unspecified atom stereocenters. The Bertz CT molecular complexity index is 623. The highest BCUT2D eigenvalue weighted by Crippen LogP contribution is 2.30. The average Bonchev–Trinajstić information content (AvgIpc) is 2.84. The van der Waals surface area contributed by atoms with E-state index in [4.69, 9.17) is 24.1 Å². The van der Waals surface area contributed by atoms with Gasteiger partial charge < -0.3 is 79.9 Å². The van der Waals surface area contributed by atoms with Crippen molar-refractivity contribution in [1.82, 2.24) is 0 Å². The van der Waals surface area contributed by atoms with E-state index < -0.39 is 106 Å². The van der Waals surface area contributed by atoms with Crippen LogP contribution in [-0.2, 0) is 23.7 Å². The van der Waals surface area contributed by atoms with Crippen LogP contribution in [0, 0.1) is 0 Å². The standard InChI is InChI=1S/C18H32O16/c19-1-5(23)9(24)10(25)6(2-20)32-18-16(14(29)12(27)8(4-22)33-18)34-17-15(30)13(28)11(26)7(3-21)31-17/h2,5-19,21-30H,1,3-4H2/t5-,6+,7-,8-,9-,10-,11+,12+,13+,14+,15-,16-,17-,18+/m1/s1. The van der Waals surface area contributed by atoms with Crippen LogP contribution in [0.3, 0.4) is 0 Å². The molecular formula is C18H32O16. The summed E-state index contributed by atoms with van der Waals surface area (Å²) in [5.74, 6) is 0. The van der Waals surface area contributed by atoms with E-state index in [2.05, 4.69) is 0 Å². The normalized spacial score (nSPS) is 42.6. The fraction of sp³-hybridized carbons (Fsp3) is 0.944. The first-order valence-corrected chi connectivity index (χ1v) is 10.4. The highest BCUT2D eigenvalue weighted by molar-refractivity contribution is 5.57. The van der Waals surface area contributed by atoms with Gasteiger partial charge in [-0.15, -0.1) is 0 Å². The number of aliphatic hydroxyl groups excluding tert-OH is 11. The number of aliphatic hydroxyl groups is 11. The molecule has 0 saturated carbocycles. The molecule has 16 nitrogen and oxygen atoms in total. The molecule has 0 aromatic heterocycles. The van der Waals surface area contributed by atoms with Crippen molar-refractivity contribution in [2.24, 2.45) is 0 Å². The van der Waals surface area contributed by atoms with Gasteiger partial charge in [0.15, 0.2) is 18.9 Å². The minimum atomic E-state index is -2.12. The summed E-state index contributed by atoms with van der Waals surface area (Å²) in [6, 6.07) is 0. The van der Waals surface area contributed by atoms with Crippen molar-refractivity contribution in [1.29, 1.82) is 0 Å². The van der Waals surface area contributed by atoms with Gasteiger partial charge in [0.2, 0.25) is 0 Å².